The van der Waals surface area contributed by atoms with Crippen molar-refractivity contribution in [2.45, 2.75) is 57.8 Å². The van der Waals surface area contributed by atoms with E-state index >= 15 is 0 Å². The maximum Gasteiger partial charge on any atom is 0.132 e. The molecule has 0 saturated carbocycles. The van der Waals surface area contributed by atoms with E-state index in [-0.39, 0.29) is 0 Å². The molecule has 1 aliphatic rings. The zero-order valence-corrected chi connectivity index (χ0v) is 9.69. The highest BCUT2D eigenvalue weighted by Crippen LogP contribution is 2.08. The average Bonchev–Trinajstić information content (AvgIpc) is 2.24. The van der Waals surface area contributed by atoms with Gasteiger partial charge in [0.05, 0.1) is 0 Å². The number of nitrogens with one attached hydrogen (secondary N) is 2. The van der Waals surface area contributed by atoms with Gasteiger partial charge in [-0.1, -0.05) is 25.7 Å². The molecule has 0 aliphatic carbocycles. The molecular weight excluding hydrogens is 188 g/mol. The Kier molecular flexibility index (Phi) is 7.48. The van der Waals surface area contributed by atoms with Crippen molar-refractivity contribution in [1.29, 1.82) is 0 Å². The second-order valence-electron chi connectivity index (χ2n) is 4.37. The highest BCUT2D eigenvalue weighted by Gasteiger charge is 2.02. The van der Waals surface area contributed by atoms with Gasteiger partial charge in [-0.15, -0.1) is 0 Å². The molecule has 1 fully saturated rings. The van der Waals surface area contributed by atoms with Crippen molar-refractivity contribution in [3.05, 3.63) is 0 Å². The van der Waals surface area contributed by atoms with E-state index < -0.39 is 0 Å². The van der Waals surface area contributed by atoms with Gasteiger partial charge in [0, 0.05) is 25.9 Å². The SMILES string of the molecule is O=C1CCCCCCCCNNCCC1. The Labute approximate surface area is 93.0 Å². The summed E-state index contributed by atoms with van der Waals surface area (Å²) in [5.74, 6) is 0.439. The lowest BCUT2D eigenvalue weighted by atomic mass is 10.1. The maximum absolute atomic E-state index is 11.4. The molecule has 0 aromatic carbocycles. The van der Waals surface area contributed by atoms with Gasteiger partial charge in [-0.3, -0.25) is 15.6 Å². The topological polar surface area (TPSA) is 41.1 Å². The molecule has 0 unspecified atom stereocenters. The van der Waals surface area contributed by atoms with Gasteiger partial charge < -0.3 is 0 Å². The Hall–Kier alpha value is -0.410. The molecule has 0 bridgehead atoms. The molecule has 1 heterocycles. The number of rotatable bonds is 0. The number of carbonyl (C=O) groups excluding carboxylic acids is 1. The summed E-state index contributed by atoms with van der Waals surface area (Å²) in [6.45, 7) is 1.96. The molecule has 0 amide bonds. The first kappa shape index (κ1) is 12.7. The summed E-state index contributed by atoms with van der Waals surface area (Å²) in [7, 11) is 0. The Bertz CT molecular complexity index is 155. The van der Waals surface area contributed by atoms with Gasteiger partial charge in [0.15, 0.2) is 0 Å². The molecule has 88 valence electrons. The Morgan fingerprint density at radius 3 is 2.00 bits per heavy atom. The van der Waals surface area contributed by atoms with Crippen molar-refractivity contribution in [3.63, 3.8) is 0 Å². The van der Waals surface area contributed by atoms with E-state index in [0.717, 1.165) is 38.8 Å². The van der Waals surface area contributed by atoms with Crippen molar-refractivity contribution in [2.75, 3.05) is 13.1 Å². The summed E-state index contributed by atoms with van der Waals surface area (Å²) in [4.78, 5) is 11.4. The van der Waals surface area contributed by atoms with Crippen LogP contribution in [0.25, 0.3) is 0 Å². The number of ketones is 1. The molecule has 15 heavy (non-hydrogen) atoms. The molecule has 0 radical (unpaired) electrons. The average molecular weight is 212 g/mol. The summed E-state index contributed by atoms with van der Waals surface area (Å²) in [6, 6.07) is 0. The van der Waals surface area contributed by atoms with Crippen LogP contribution in [-0.2, 0) is 4.79 Å². The van der Waals surface area contributed by atoms with Crippen LogP contribution in [-0.4, -0.2) is 18.9 Å². The van der Waals surface area contributed by atoms with E-state index in [0.29, 0.717) is 5.78 Å². The zero-order chi connectivity index (χ0) is 10.8. The molecule has 0 atom stereocenters. The van der Waals surface area contributed by atoms with E-state index in [1.165, 1.54) is 32.1 Å². The molecule has 0 spiro atoms. The fourth-order valence-corrected chi connectivity index (χ4v) is 1.92. The lowest BCUT2D eigenvalue weighted by Gasteiger charge is -2.08. The third-order valence-electron chi connectivity index (χ3n) is 2.89. The van der Waals surface area contributed by atoms with Gasteiger partial charge in [-0.25, -0.2) is 0 Å². The summed E-state index contributed by atoms with van der Waals surface area (Å²) in [6.07, 6.45) is 10.0. The monoisotopic (exact) mass is 212 g/mol. The molecular formula is C12H24N2O. The van der Waals surface area contributed by atoms with Crippen molar-refractivity contribution < 1.29 is 4.79 Å². The van der Waals surface area contributed by atoms with E-state index in [2.05, 4.69) is 10.9 Å². The molecule has 3 heteroatoms. The maximum atomic E-state index is 11.4. The van der Waals surface area contributed by atoms with Crippen LogP contribution >= 0.6 is 0 Å². The van der Waals surface area contributed by atoms with Crippen LogP contribution in [0.2, 0.25) is 0 Å². The summed E-state index contributed by atoms with van der Waals surface area (Å²) in [5, 5.41) is 0. The quantitative estimate of drug-likeness (QED) is 0.646. The number of carbonyl (C=O) groups is 1. The smallest absolute Gasteiger partial charge is 0.132 e. The van der Waals surface area contributed by atoms with Crippen LogP contribution < -0.4 is 10.9 Å². The van der Waals surface area contributed by atoms with Crippen LogP contribution in [0.4, 0.5) is 0 Å². The fourth-order valence-electron chi connectivity index (χ4n) is 1.92. The number of Topliss-reactive ketones (excluding diaryl/α,β-unsaturated/α-hetero) is 1. The predicted octanol–water partition coefficient (Wildman–Crippen LogP) is 2.17. The number of hydrogen-bond donors (Lipinski definition) is 2. The minimum Gasteiger partial charge on any atom is -0.300 e. The molecule has 1 aliphatic heterocycles. The number of hydrazine groups is 1. The third-order valence-corrected chi connectivity index (χ3v) is 2.89. The minimum atomic E-state index is 0.439. The summed E-state index contributed by atoms with van der Waals surface area (Å²) >= 11 is 0. The van der Waals surface area contributed by atoms with Crippen molar-refractivity contribution in [2.24, 2.45) is 0 Å². The van der Waals surface area contributed by atoms with Gasteiger partial charge in [-0.05, 0) is 19.3 Å². The highest BCUT2D eigenvalue weighted by molar-refractivity contribution is 5.78. The largest absolute Gasteiger partial charge is 0.300 e. The van der Waals surface area contributed by atoms with Gasteiger partial charge in [0.1, 0.15) is 5.78 Å². The lowest BCUT2D eigenvalue weighted by molar-refractivity contribution is -0.119. The second-order valence-corrected chi connectivity index (χ2v) is 4.37. The first-order valence-corrected chi connectivity index (χ1v) is 6.37. The van der Waals surface area contributed by atoms with Crippen LogP contribution in [0.5, 0.6) is 0 Å². The van der Waals surface area contributed by atoms with Crippen LogP contribution in [0.3, 0.4) is 0 Å². The molecule has 0 aromatic heterocycles. The Morgan fingerprint density at radius 1 is 0.667 bits per heavy atom. The van der Waals surface area contributed by atoms with Gasteiger partial charge >= 0.3 is 0 Å². The normalized spacial score (nSPS) is 23.3. The van der Waals surface area contributed by atoms with E-state index in [4.69, 9.17) is 0 Å². The van der Waals surface area contributed by atoms with Gasteiger partial charge in [0.2, 0.25) is 0 Å². The fraction of sp³-hybridized carbons (Fsp3) is 0.917. The van der Waals surface area contributed by atoms with Gasteiger partial charge in [-0.2, -0.15) is 0 Å². The zero-order valence-electron chi connectivity index (χ0n) is 9.69. The Balaban J connectivity index is 2.13. The second kappa shape index (κ2) is 8.86. The summed E-state index contributed by atoms with van der Waals surface area (Å²) < 4.78 is 0. The first-order chi connectivity index (χ1) is 7.39. The van der Waals surface area contributed by atoms with Crippen molar-refractivity contribution in [3.8, 4) is 0 Å². The molecule has 1 saturated heterocycles. The third kappa shape index (κ3) is 7.51. The van der Waals surface area contributed by atoms with Crippen molar-refractivity contribution >= 4 is 5.78 Å². The molecule has 2 N–H and O–H groups in total. The Morgan fingerprint density at radius 2 is 1.20 bits per heavy atom. The lowest BCUT2D eigenvalue weighted by Crippen LogP contribution is -2.33. The standard InChI is InChI=1S/C12H24N2O/c15-12-8-5-3-1-2-4-6-10-13-14-11-7-9-12/h13-14H,1-11H2. The summed E-state index contributed by atoms with van der Waals surface area (Å²) in [5.41, 5.74) is 6.35. The van der Waals surface area contributed by atoms with Crippen LogP contribution in [0.1, 0.15) is 57.8 Å². The highest BCUT2D eigenvalue weighted by atomic mass is 16.1. The predicted molar refractivity (Wildman–Crippen MR) is 62.6 cm³/mol. The number of hydrogen-bond acceptors (Lipinski definition) is 3. The van der Waals surface area contributed by atoms with Gasteiger partial charge in [0.25, 0.3) is 0 Å². The van der Waals surface area contributed by atoms with E-state index in [1.54, 1.807) is 0 Å². The molecule has 3 nitrogen and oxygen atoms in total. The minimum absolute atomic E-state index is 0.439. The van der Waals surface area contributed by atoms with E-state index in [1.807, 2.05) is 0 Å². The first-order valence-electron chi connectivity index (χ1n) is 6.37. The molecule has 0 aromatic rings. The van der Waals surface area contributed by atoms with E-state index in [9.17, 15) is 4.79 Å². The van der Waals surface area contributed by atoms with Crippen molar-refractivity contribution in [1.82, 2.24) is 10.9 Å². The molecule has 1 rings (SSSR count). The van der Waals surface area contributed by atoms with Crippen LogP contribution in [0.15, 0.2) is 0 Å². The van der Waals surface area contributed by atoms with Crippen LogP contribution in [0, 0.1) is 0 Å².